The van der Waals surface area contributed by atoms with Crippen LogP contribution in [0.4, 0.5) is 0 Å². The summed E-state index contributed by atoms with van der Waals surface area (Å²) in [5.41, 5.74) is 5.66. The molecule has 0 aromatic heterocycles. The monoisotopic (exact) mass is 245 g/mol. The van der Waals surface area contributed by atoms with Gasteiger partial charge in [0.1, 0.15) is 0 Å². The fraction of sp³-hybridized carbons (Fsp3) is 0.100. The Labute approximate surface area is 103 Å². The van der Waals surface area contributed by atoms with Crippen LogP contribution in [-0.2, 0) is 32.7 Å². The van der Waals surface area contributed by atoms with E-state index in [0.29, 0.717) is 0 Å². The second kappa shape index (κ2) is 9.35. The Balaban J connectivity index is 0.000000206. The molecule has 0 aromatic carbocycles. The van der Waals surface area contributed by atoms with Gasteiger partial charge in [-0.1, -0.05) is 12.2 Å². The molecule has 0 fully saturated rings. The molecule has 0 N–H and O–H groups in total. The summed E-state index contributed by atoms with van der Waals surface area (Å²) in [6.07, 6.45) is 13.0. The van der Waals surface area contributed by atoms with Crippen molar-refractivity contribution in [2.75, 3.05) is 6.54 Å². The van der Waals surface area contributed by atoms with Crippen molar-refractivity contribution in [3.63, 3.8) is 0 Å². The van der Waals surface area contributed by atoms with Crippen LogP contribution in [0.25, 0.3) is 0 Å². The van der Waals surface area contributed by atoms with Crippen LogP contribution in [0.1, 0.15) is 0 Å². The van der Waals surface area contributed by atoms with Crippen LogP contribution in [0, 0.1) is 0 Å². The van der Waals surface area contributed by atoms with Crippen molar-refractivity contribution in [3.8, 4) is 0 Å². The van der Waals surface area contributed by atoms with E-state index in [4.69, 9.17) is 0 Å². The minimum absolute atomic E-state index is 0. The third kappa shape index (κ3) is 7.62. The van der Waals surface area contributed by atoms with E-state index < -0.39 is 0 Å². The number of aliphatic imine (C=N–C) groups is 1. The third-order valence-electron chi connectivity index (χ3n) is 1.06. The maximum absolute atomic E-state index is 3.88. The van der Waals surface area contributed by atoms with Gasteiger partial charge < -0.3 is 0 Å². The fourth-order valence-corrected chi connectivity index (χ4v) is 0.576. The van der Waals surface area contributed by atoms with Gasteiger partial charge in [0.05, 0.1) is 6.54 Å². The molecule has 61 valence electrons. The molecule has 0 bridgehead atoms. The Morgan fingerprint density at radius 2 is 2.23 bits per heavy atom. The standard InChI is InChI=1S/C5H5N.C5H3N.Y/c2*1-2-4-6-5-3-1;/h2-4H,5H2;2-4H;. The third-order valence-corrected chi connectivity index (χ3v) is 1.06. The van der Waals surface area contributed by atoms with Crippen molar-refractivity contribution in [3.05, 3.63) is 35.8 Å². The van der Waals surface area contributed by atoms with Crippen molar-refractivity contribution < 1.29 is 32.7 Å². The average Bonchev–Trinajstić information content (AvgIpc) is 2.24. The zero-order valence-electron chi connectivity index (χ0n) is 7.14. The van der Waals surface area contributed by atoms with E-state index in [1.807, 2.05) is 6.08 Å². The first-order chi connectivity index (χ1) is 6.00. The van der Waals surface area contributed by atoms with Gasteiger partial charge in [0.15, 0.2) is 6.21 Å². The van der Waals surface area contributed by atoms with Crippen molar-refractivity contribution >= 4 is 18.6 Å². The maximum Gasteiger partial charge on any atom is 0.256 e. The zero-order valence-corrected chi connectivity index (χ0v) is 9.98. The molecule has 0 unspecified atom stereocenters. The van der Waals surface area contributed by atoms with E-state index in [9.17, 15) is 0 Å². The van der Waals surface area contributed by atoms with Crippen molar-refractivity contribution in [1.29, 1.82) is 0 Å². The smallest absolute Gasteiger partial charge is 0.256 e. The second-order valence-electron chi connectivity index (χ2n) is 1.94. The Kier molecular flexibility index (Phi) is 8.82. The Morgan fingerprint density at radius 1 is 1.31 bits per heavy atom. The Morgan fingerprint density at radius 3 is 2.38 bits per heavy atom. The quantitative estimate of drug-likeness (QED) is 0.339. The molecule has 2 heterocycles. The summed E-state index contributed by atoms with van der Waals surface area (Å²) in [4.78, 5) is 3.88. The molecule has 2 nitrogen and oxygen atoms in total. The maximum atomic E-state index is 3.88. The van der Waals surface area contributed by atoms with Gasteiger partial charge in [0.2, 0.25) is 0 Å². The van der Waals surface area contributed by atoms with Gasteiger partial charge in [-0.05, 0) is 12.2 Å². The predicted octanol–water partition coefficient (Wildman–Crippen LogP) is 0.577. The molecule has 0 saturated carbocycles. The second-order valence-corrected chi connectivity index (χ2v) is 1.94. The predicted molar refractivity (Wildman–Crippen MR) is 51.9 cm³/mol. The number of allylic oxidation sites excluding steroid dienone is 1. The normalized spacial score (nSPS) is 13.5. The van der Waals surface area contributed by atoms with E-state index in [0.717, 1.165) is 6.54 Å². The Bertz CT molecular complexity index is 310. The first kappa shape index (κ1) is 12.3. The van der Waals surface area contributed by atoms with Gasteiger partial charge >= 0.3 is 0 Å². The molecule has 0 aliphatic carbocycles. The van der Waals surface area contributed by atoms with Crippen molar-refractivity contribution in [2.24, 2.45) is 4.99 Å². The molecule has 1 radical (unpaired) electrons. The topological polar surface area (TPSA) is 26.5 Å². The zero-order chi connectivity index (χ0) is 8.49. The van der Waals surface area contributed by atoms with Crippen LogP contribution in [0.3, 0.4) is 0 Å². The first-order valence-corrected chi connectivity index (χ1v) is 3.57. The van der Waals surface area contributed by atoms with Gasteiger partial charge in [-0.15, -0.1) is 5.73 Å². The van der Waals surface area contributed by atoms with Gasteiger partial charge in [-0.2, -0.15) is 0 Å². The molecule has 0 spiro atoms. The number of hydrogen-bond acceptors (Lipinski definition) is 1. The SMILES string of the molecule is C1=CC=NCC=1.C1=C[C-]=[N+]=CC=1.[Y]. The van der Waals surface area contributed by atoms with Crippen molar-refractivity contribution in [2.45, 2.75) is 0 Å². The van der Waals surface area contributed by atoms with Crippen LogP contribution in [0.2, 0.25) is 0 Å². The summed E-state index contributed by atoms with van der Waals surface area (Å²) in [5.74, 6) is 0. The molecule has 2 aliphatic rings. The van der Waals surface area contributed by atoms with E-state index in [2.05, 4.69) is 27.3 Å². The summed E-state index contributed by atoms with van der Waals surface area (Å²) < 4.78 is 3.63. The molecular weight excluding hydrogens is 237 g/mol. The van der Waals surface area contributed by atoms with Crippen molar-refractivity contribution in [1.82, 2.24) is 4.67 Å². The molecule has 2 rings (SSSR count). The summed E-state index contributed by atoms with van der Waals surface area (Å²) in [6, 6.07) is 0. The number of nitrogens with zero attached hydrogens (tertiary/aromatic N) is 2. The fourth-order valence-electron chi connectivity index (χ4n) is 0.576. The van der Waals surface area contributed by atoms with Crippen LogP contribution < -0.4 is 4.67 Å². The average molecular weight is 245 g/mol. The molecule has 0 amide bonds. The van der Waals surface area contributed by atoms with Crippen LogP contribution in [-0.4, -0.2) is 25.2 Å². The van der Waals surface area contributed by atoms with Gasteiger partial charge in [-0.3, -0.25) is 10.7 Å². The molecule has 0 atom stereocenters. The molecule has 13 heavy (non-hydrogen) atoms. The summed E-state index contributed by atoms with van der Waals surface area (Å²) >= 11 is 0. The molecular formula is C10H8N2Y. The molecule has 3 heteroatoms. The Hall–Kier alpha value is -0.736. The molecule has 2 aliphatic heterocycles. The minimum atomic E-state index is 0. The van der Waals surface area contributed by atoms with E-state index in [-0.39, 0.29) is 32.7 Å². The summed E-state index contributed by atoms with van der Waals surface area (Å²) in [5, 5.41) is 0. The first-order valence-electron chi connectivity index (χ1n) is 3.57. The largest absolute Gasteiger partial charge is 0.288 e. The minimum Gasteiger partial charge on any atom is -0.288 e. The van der Waals surface area contributed by atoms with Gasteiger partial charge in [0, 0.05) is 38.9 Å². The number of rotatable bonds is 0. The molecule has 0 aromatic rings. The summed E-state index contributed by atoms with van der Waals surface area (Å²) in [7, 11) is 0. The van der Waals surface area contributed by atoms with Crippen LogP contribution >= 0.6 is 0 Å². The van der Waals surface area contributed by atoms with E-state index in [1.54, 1.807) is 30.7 Å². The molecule has 0 saturated heterocycles. The van der Waals surface area contributed by atoms with Crippen LogP contribution in [0.15, 0.2) is 40.8 Å². The van der Waals surface area contributed by atoms with Crippen LogP contribution in [0.5, 0.6) is 0 Å². The van der Waals surface area contributed by atoms with E-state index in [1.165, 1.54) is 0 Å². The summed E-state index contributed by atoms with van der Waals surface area (Å²) in [6.45, 7) is 0.802. The number of hydrogen-bond donors (Lipinski definition) is 0. The van der Waals surface area contributed by atoms with Gasteiger partial charge in [0.25, 0.3) is 6.21 Å². The van der Waals surface area contributed by atoms with Gasteiger partial charge in [-0.25, -0.2) is 4.67 Å². The van der Waals surface area contributed by atoms with E-state index >= 15 is 0 Å².